The number of halogens is 2. The van der Waals surface area contributed by atoms with Gasteiger partial charge >= 0.3 is 0 Å². The van der Waals surface area contributed by atoms with E-state index in [0.717, 1.165) is 21.8 Å². The van der Waals surface area contributed by atoms with Crippen LogP contribution in [-0.2, 0) is 6.61 Å². The first-order chi connectivity index (χ1) is 14.6. The minimum Gasteiger partial charge on any atom is -0.493 e. The zero-order valence-electron chi connectivity index (χ0n) is 15.9. The molecule has 0 aliphatic rings. The number of nitrogens with one attached hydrogen (secondary N) is 1. The number of ether oxygens (including phenoxy) is 2. The fourth-order valence-corrected chi connectivity index (χ4v) is 3.80. The van der Waals surface area contributed by atoms with E-state index in [0.29, 0.717) is 33.3 Å². The summed E-state index contributed by atoms with van der Waals surface area (Å²) in [6.45, 7) is 0.445. The number of hydrogen-bond donors (Lipinski definition) is 1. The summed E-state index contributed by atoms with van der Waals surface area (Å²) in [4.78, 5) is 0. The van der Waals surface area contributed by atoms with Gasteiger partial charge in [0.15, 0.2) is 11.5 Å². The molecule has 0 unspecified atom stereocenters. The fraction of sp³-hybridized carbons (Fsp3) is 0.0909. The van der Waals surface area contributed by atoms with Crippen LogP contribution in [0.2, 0.25) is 10.0 Å². The third-order valence-electron chi connectivity index (χ3n) is 4.24. The van der Waals surface area contributed by atoms with Crippen molar-refractivity contribution in [2.24, 2.45) is 0 Å². The average Bonchev–Trinajstić information content (AvgIpc) is 3.24. The highest BCUT2D eigenvalue weighted by molar-refractivity contribution is 7.18. The molecule has 5 nitrogen and oxygen atoms in total. The molecule has 0 spiro atoms. The molecule has 0 atom stereocenters. The highest BCUT2D eigenvalue weighted by Crippen LogP contribution is 2.36. The molecule has 30 heavy (non-hydrogen) atoms. The second-order valence-corrected chi connectivity index (χ2v) is 8.10. The average molecular weight is 458 g/mol. The fourth-order valence-electron chi connectivity index (χ4n) is 2.75. The molecule has 0 radical (unpaired) electrons. The molecule has 152 valence electrons. The van der Waals surface area contributed by atoms with E-state index in [1.165, 1.54) is 11.3 Å². The van der Waals surface area contributed by atoms with Crippen molar-refractivity contribution in [3.63, 3.8) is 0 Å². The van der Waals surface area contributed by atoms with Gasteiger partial charge in [0.25, 0.3) is 0 Å². The molecule has 0 fully saturated rings. The van der Waals surface area contributed by atoms with Gasteiger partial charge in [-0.2, -0.15) is 0 Å². The van der Waals surface area contributed by atoms with Crippen LogP contribution in [0.4, 0.5) is 10.8 Å². The lowest BCUT2D eigenvalue weighted by Crippen LogP contribution is -1.97. The Morgan fingerprint density at radius 3 is 2.50 bits per heavy atom. The van der Waals surface area contributed by atoms with Crippen LogP contribution >= 0.6 is 34.5 Å². The van der Waals surface area contributed by atoms with E-state index in [4.69, 9.17) is 32.7 Å². The molecule has 0 saturated carbocycles. The zero-order chi connectivity index (χ0) is 20.9. The van der Waals surface area contributed by atoms with Crippen molar-refractivity contribution in [1.29, 1.82) is 0 Å². The van der Waals surface area contributed by atoms with Crippen molar-refractivity contribution in [1.82, 2.24) is 10.2 Å². The lowest BCUT2D eigenvalue weighted by atomic mass is 10.2. The van der Waals surface area contributed by atoms with Crippen LogP contribution in [-0.4, -0.2) is 17.3 Å². The summed E-state index contributed by atoms with van der Waals surface area (Å²) < 4.78 is 11.4. The molecule has 0 saturated heterocycles. The first-order valence-electron chi connectivity index (χ1n) is 9.03. The number of methoxy groups -OCH3 is 1. The number of anilines is 2. The predicted octanol–water partition coefficient (Wildman–Crippen LogP) is 6.84. The molecule has 8 heteroatoms. The minimum atomic E-state index is 0.445. The Hall–Kier alpha value is -2.80. The van der Waals surface area contributed by atoms with Gasteiger partial charge in [0, 0.05) is 11.3 Å². The summed E-state index contributed by atoms with van der Waals surface area (Å²) in [5.74, 6) is 1.31. The maximum atomic E-state index is 6.07. The normalized spacial score (nSPS) is 10.6. The molecule has 4 aromatic rings. The topological polar surface area (TPSA) is 56.3 Å². The van der Waals surface area contributed by atoms with Gasteiger partial charge in [0.1, 0.15) is 11.6 Å². The Morgan fingerprint density at radius 2 is 1.73 bits per heavy atom. The summed E-state index contributed by atoms with van der Waals surface area (Å²) in [5, 5.41) is 14.1. The maximum absolute atomic E-state index is 6.07. The number of rotatable bonds is 7. The van der Waals surface area contributed by atoms with Gasteiger partial charge in [-0.05, 0) is 42.0 Å². The lowest BCUT2D eigenvalue weighted by molar-refractivity contribution is 0.284. The monoisotopic (exact) mass is 457 g/mol. The van der Waals surface area contributed by atoms with Crippen LogP contribution in [0, 0.1) is 0 Å². The summed E-state index contributed by atoms with van der Waals surface area (Å²) >= 11 is 13.5. The molecule has 0 aliphatic carbocycles. The van der Waals surface area contributed by atoms with E-state index in [9.17, 15) is 0 Å². The Balaban J connectivity index is 1.53. The number of aromatic nitrogens is 2. The van der Waals surface area contributed by atoms with E-state index >= 15 is 0 Å². The second kappa shape index (κ2) is 9.34. The molecule has 0 aliphatic heterocycles. The van der Waals surface area contributed by atoms with E-state index in [1.807, 2.05) is 54.6 Å². The van der Waals surface area contributed by atoms with Crippen LogP contribution in [0.1, 0.15) is 5.56 Å². The van der Waals surface area contributed by atoms with Crippen molar-refractivity contribution < 1.29 is 9.47 Å². The van der Waals surface area contributed by atoms with Crippen molar-refractivity contribution >= 4 is 45.4 Å². The summed E-state index contributed by atoms with van der Waals surface area (Å²) in [6.07, 6.45) is 0. The Morgan fingerprint density at radius 1 is 0.900 bits per heavy atom. The summed E-state index contributed by atoms with van der Waals surface area (Å²) in [6, 6.07) is 21.0. The first-order valence-corrected chi connectivity index (χ1v) is 10.6. The van der Waals surface area contributed by atoms with Gasteiger partial charge in [-0.15, -0.1) is 10.2 Å². The number of hydrogen-bond acceptors (Lipinski definition) is 6. The molecule has 1 aromatic heterocycles. The van der Waals surface area contributed by atoms with Crippen LogP contribution in [0.15, 0.2) is 66.7 Å². The van der Waals surface area contributed by atoms with Crippen molar-refractivity contribution in [3.05, 3.63) is 82.3 Å². The minimum absolute atomic E-state index is 0.445. The van der Waals surface area contributed by atoms with Gasteiger partial charge in [-0.25, -0.2) is 0 Å². The smallest absolute Gasteiger partial charge is 0.210 e. The van der Waals surface area contributed by atoms with Crippen LogP contribution in [0.3, 0.4) is 0 Å². The van der Waals surface area contributed by atoms with Crippen LogP contribution in [0.25, 0.3) is 10.6 Å². The van der Waals surface area contributed by atoms with Crippen molar-refractivity contribution in [3.8, 4) is 22.1 Å². The second-order valence-electron chi connectivity index (χ2n) is 6.31. The first kappa shape index (κ1) is 20.5. The molecular weight excluding hydrogens is 441 g/mol. The van der Waals surface area contributed by atoms with E-state index in [-0.39, 0.29) is 0 Å². The van der Waals surface area contributed by atoms with Gasteiger partial charge in [-0.3, -0.25) is 0 Å². The highest BCUT2D eigenvalue weighted by atomic mass is 35.5. The van der Waals surface area contributed by atoms with E-state index in [1.54, 1.807) is 19.2 Å². The predicted molar refractivity (Wildman–Crippen MR) is 122 cm³/mol. The third kappa shape index (κ3) is 4.84. The molecule has 3 aromatic carbocycles. The van der Waals surface area contributed by atoms with Gasteiger partial charge in [0.05, 0.1) is 17.2 Å². The summed E-state index contributed by atoms with van der Waals surface area (Å²) in [7, 11) is 1.62. The third-order valence-corrected chi connectivity index (χ3v) is 5.87. The molecule has 0 bridgehead atoms. The van der Waals surface area contributed by atoms with Crippen molar-refractivity contribution in [2.75, 3.05) is 12.4 Å². The summed E-state index contributed by atoms with van der Waals surface area (Å²) in [5.41, 5.74) is 2.75. The molecule has 1 N–H and O–H groups in total. The van der Waals surface area contributed by atoms with E-state index in [2.05, 4.69) is 15.5 Å². The van der Waals surface area contributed by atoms with Crippen LogP contribution in [0.5, 0.6) is 11.5 Å². The molecule has 1 heterocycles. The lowest BCUT2D eigenvalue weighted by Gasteiger charge is -2.11. The Bertz CT molecular complexity index is 1150. The molecule has 0 amide bonds. The van der Waals surface area contributed by atoms with Gasteiger partial charge in [-0.1, -0.05) is 64.9 Å². The highest BCUT2D eigenvalue weighted by Gasteiger charge is 2.12. The van der Waals surface area contributed by atoms with Crippen LogP contribution < -0.4 is 14.8 Å². The Labute approximate surface area is 188 Å². The molecule has 4 rings (SSSR count). The zero-order valence-corrected chi connectivity index (χ0v) is 18.3. The Kier molecular flexibility index (Phi) is 6.38. The standard InChI is InChI=1S/C22H17Cl2N3O2S/c1-28-19-10-7-15(11-20(19)29-13-14-5-3-2-4-6-14)21-26-27-22(30-21)25-16-8-9-17(23)18(24)12-16/h2-12H,13H2,1H3,(H,25,27). The van der Waals surface area contributed by atoms with Crippen molar-refractivity contribution in [2.45, 2.75) is 6.61 Å². The number of benzene rings is 3. The number of nitrogens with zero attached hydrogens (tertiary/aromatic N) is 2. The van der Waals surface area contributed by atoms with Gasteiger partial charge in [0.2, 0.25) is 5.13 Å². The maximum Gasteiger partial charge on any atom is 0.210 e. The van der Waals surface area contributed by atoms with E-state index < -0.39 is 0 Å². The quantitative estimate of drug-likeness (QED) is 0.329. The molecular formula is C22H17Cl2N3O2S. The SMILES string of the molecule is COc1ccc(-c2nnc(Nc3ccc(Cl)c(Cl)c3)s2)cc1OCc1ccccc1. The largest absolute Gasteiger partial charge is 0.493 e. The van der Waals surface area contributed by atoms with Gasteiger partial charge < -0.3 is 14.8 Å².